The minimum absolute atomic E-state index is 0.0194. The molecule has 11 heteroatoms. The summed E-state index contributed by atoms with van der Waals surface area (Å²) in [6.45, 7) is 0.0608. The van der Waals surface area contributed by atoms with Crippen LogP contribution in [0.15, 0.2) is 41.6 Å². The van der Waals surface area contributed by atoms with E-state index in [9.17, 15) is 14.9 Å². The Bertz CT molecular complexity index is 769. The molecule has 0 fully saturated rings. The van der Waals surface area contributed by atoms with Gasteiger partial charge < -0.3 is 4.74 Å². The highest BCUT2D eigenvalue weighted by molar-refractivity contribution is 8.13. The van der Waals surface area contributed by atoms with Crippen molar-refractivity contribution in [3.8, 4) is 0 Å². The van der Waals surface area contributed by atoms with Crippen molar-refractivity contribution in [2.24, 2.45) is 5.10 Å². The molecule has 1 heterocycles. The van der Waals surface area contributed by atoms with Crippen molar-refractivity contribution in [2.45, 2.75) is 13.2 Å². The Morgan fingerprint density at radius 2 is 2.20 bits per heavy atom. The molecule has 0 atom stereocenters. The highest BCUT2D eigenvalue weighted by Crippen LogP contribution is 2.21. The predicted octanol–water partition coefficient (Wildman–Crippen LogP) is 3.85. The number of ether oxygens (including phenoxy) is 1. The van der Waals surface area contributed by atoms with Crippen LogP contribution < -0.4 is 0 Å². The van der Waals surface area contributed by atoms with Gasteiger partial charge in [0.25, 0.3) is 0 Å². The zero-order chi connectivity index (χ0) is 18.2. The minimum atomic E-state index is -0.858. The van der Waals surface area contributed by atoms with Gasteiger partial charge in [0, 0.05) is 11.1 Å². The Morgan fingerprint density at radius 3 is 2.76 bits per heavy atom. The number of benzene rings is 1. The lowest BCUT2D eigenvalue weighted by molar-refractivity contribution is -0.485. The number of thioether (sulfide) groups is 1. The van der Waals surface area contributed by atoms with Gasteiger partial charge in [-0.1, -0.05) is 53.7 Å². The molecule has 1 amide bonds. The van der Waals surface area contributed by atoms with E-state index in [0.29, 0.717) is 9.34 Å². The molecule has 0 bridgehead atoms. The molecule has 0 aliphatic rings. The number of hydrogen-bond acceptors (Lipinski definition) is 7. The van der Waals surface area contributed by atoms with Crippen LogP contribution in [-0.2, 0) is 17.9 Å². The third-order valence-electron chi connectivity index (χ3n) is 2.85. The quantitative estimate of drug-likeness (QED) is 0.327. The summed E-state index contributed by atoms with van der Waals surface area (Å²) in [6.07, 6.45) is 2.33. The average molecular weight is 401 g/mol. The van der Waals surface area contributed by atoms with Gasteiger partial charge in [-0.2, -0.15) is 0 Å². The van der Waals surface area contributed by atoms with E-state index in [1.54, 1.807) is 18.4 Å². The first kappa shape index (κ1) is 19.2. The first-order valence-corrected chi connectivity index (χ1v) is 9.27. The first-order valence-electron chi connectivity index (χ1n) is 6.85. The molecule has 1 aromatic carbocycles. The Balaban J connectivity index is 2.17. The zero-order valence-electron chi connectivity index (χ0n) is 13.0. The molecule has 8 nitrogen and oxygen atoms in total. The van der Waals surface area contributed by atoms with Gasteiger partial charge in [-0.15, -0.1) is 11.3 Å². The molecule has 0 N–H and O–H groups in total. The Kier molecular flexibility index (Phi) is 7.16. The number of rotatable bonds is 5. The highest BCUT2D eigenvalue weighted by atomic mass is 35.5. The van der Waals surface area contributed by atoms with Gasteiger partial charge in [0.15, 0.2) is 9.50 Å². The molecule has 1 aromatic heterocycles. The molecule has 2 aromatic rings. The number of aromatic nitrogens is 1. The molecule has 25 heavy (non-hydrogen) atoms. The summed E-state index contributed by atoms with van der Waals surface area (Å²) in [4.78, 5) is 28.8. The topological polar surface area (TPSA) is 97.9 Å². The lowest BCUT2D eigenvalue weighted by Crippen LogP contribution is -2.35. The molecule has 0 spiro atoms. The van der Waals surface area contributed by atoms with Crippen molar-refractivity contribution in [3.05, 3.63) is 61.6 Å². The van der Waals surface area contributed by atoms with Gasteiger partial charge in [0.05, 0.1) is 11.6 Å². The Morgan fingerprint density at radius 1 is 1.48 bits per heavy atom. The van der Waals surface area contributed by atoms with Crippen molar-refractivity contribution < 1.29 is 14.6 Å². The molecular formula is C14H13ClN4O4S2. The van der Waals surface area contributed by atoms with Crippen molar-refractivity contribution in [1.82, 2.24) is 9.88 Å². The summed E-state index contributed by atoms with van der Waals surface area (Å²) < 4.78 is 5.56. The average Bonchev–Trinajstić information content (AvgIpc) is 3.01. The van der Waals surface area contributed by atoms with Gasteiger partial charge in [-0.25, -0.2) is 24.8 Å². The van der Waals surface area contributed by atoms with E-state index in [2.05, 4.69) is 10.1 Å². The number of hydrazone groups is 1. The van der Waals surface area contributed by atoms with Gasteiger partial charge in [0.2, 0.25) is 5.17 Å². The maximum Gasteiger partial charge on any atom is 0.416 e. The number of amidine groups is 1. The van der Waals surface area contributed by atoms with E-state index >= 15 is 0 Å². The third kappa shape index (κ3) is 6.00. The van der Waals surface area contributed by atoms with Crippen molar-refractivity contribution in [3.63, 3.8) is 0 Å². The number of carbonyl (C=O) groups excluding carboxylic acids is 1. The number of halogens is 1. The van der Waals surface area contributed by atoms with Crippen LogP contribution in [0.25, 0.3) is 0 Å². The molecule has 0 unspecified atom stereocenters. The van der Waals surface area contributed by atoms with Crippen LogP contribution >= 0.6 is 34.7 Å². The number of nitrogens with zero attached hydrogens (tertiary/aromatic N) is 4. The lowest BCUT2D eigenvalue weighted by atomic mass is 10.2. The fourth-order valence-corrected chi connectivity index (χ4v) is 3.27. The maximum atomic E-state index is 12.4. The van der Waals surface area contributed by atoms with Crippen molar-refractivity contribution in [1.29, 1.82) is 0 Å². The standard InChI is InChI=1S/C14H13ClN4O4S2/c1-24-13(17-19(21)22)18(8-11-7-16-12(15)25-11)14(20)23-9-10-5-3-2-4-6-10/h2-7H,8-9H2,1H3/b17-13-. The second-order valence-corrected chi connectivity index (χ2v) is 7.00. The Labute approximate surface area is 156 Å². The van der Waals surface area contributed by atoms with E-state index in [0.717, 1.165) is 22.2 Å². The van der Waals surface area contributed by atoms with Gasteiger partial charge in [-0.05, 0) is 11.8 Å². The van der Waals surface area contributed by atoms with Crippen LogP contribution in [0.2, 0.25) is 4.47 Å². The molecule has 0 radical (unpaired) electrons. The third-order valence-corrected chi connectivity index (χ3v) is 4.61. The molecule has 0 saturated carbocycles. The van der Waals surface area contributed by atoms with Crippen LogP contribution in [0.4, 0.5) is 4.79 Å². The van der Waals surface area contributed by atoms with Crippen molar-refractivity contribution in [2.75, 3.05) is 6.26 Å². The summed E-state index contributed by atoms with van der Waals surface area (Å²) in [5.41, 5.74) is 0.800. The number of carbonyl (C=O) groups is 1. The second-order valence-electron chi connectivity index (χ2n) is 4.53. The predicted molar refractivity (Wildman–Crippen MR) is 97.2 cm³/mol. The minimum Gasteiger partial charge on any atom is -0.444 e. The van der Waals surface area contributed by atoms with Crippen LogP contribution in [0, 0.1) is 10.1 Å². The van der Waals surface area contributed by atoms with E-state index in [-0.39, 0.29) is 18.3 Å². The number of amides is 1. The Hall–Kier alpha value is -2.17. The van der Waals surface area contributed by atoms with Gasteiger partial charge in [-0.3, -0.25) is 0 Å². The molecule has 0 aliphatic carbocycles. The first-order chi connectivity index (χ1) is 12.0. The summed E-state index contributed by atoms with van der Waals surface area (Å²) in [5, 5.41) is 13.0. The maximum absolute atomic E-state index is 12.4. The summed E-state index contributed by atoms with van der Waals surface area (Å²) >= 11 is 7.92. The van der Waals surface area contributed by atoms with E-state index in [4.69, 9.17) is 16.3 Å². The number of hydrogen-bond donors (Lipinski definition) is 0. The molecular weight excluding hydrogens is 388 g/mol. The van der Waals surface area contributed by atoms with Crippen LogP contribution in [0.1, 0.15) is 10.4 Å². The largest absolute Gasteiger partial charge is 0.444 e. The monoisotopic (exact) mass is 400 g/mol. The van der Waals surface area contributed by atoms with Crippen LogP contribution in [0.3, 0.4) is 0 Å². The van der Waals surface area contributed by atoms with E-state index < -0.39 is 11.1 Å². The molecule has 132 valence electrons. The van der Waals surface area contributed by atoms with E-state index in [1.165, 1.54) is 17.5 Å². The normalized spacial score (nSPS) is 11.2. The highest BCUT2D eigenvalue weighted by Gasteiger charge is 2.25. The SMILES string of the molecule is CS/C(=N\[N+](=O)[O-])N(Cc1cnc(Cl)s1)C(=O)OCc1ccccc1. The summed E-state index contributed by atoms with van der Waals surface area (Å²) in [7, 11) is 0. The number of thiazole rings is 1. The summed E-state index contributed by atoms with van der Waals surface area (Å²) in [5.74, 6) is 0. The van der Waals surface area contributed by atoms with Crippen LogP contribution in [0.5, 0.6) is 0 Å². The van der Waals surface area contributed by atoms with Gasteiger partial charge in [0.1, 0.15) is 6.61 Å². The molecule has 2 rings (SSSR count). The smallest absolute Gasteiger partial charge is 0.416 e. The summed E-state index contributed by atoms with van der Waals surface area (Å²) in [6, 6.07) is 9.10. The van der Waals surface area contributed by atoms with Crippen molar-refractivity contribution >= 4 is 46.0 Å². The second kappa shape index (κ2) is 9.35. The fourth-order valence-electron chi connectivity index (χ4n) is 1.79. The molecule has 0 aliphatic heterocycles. The number of nitro groups is 1. The zero-order valence-corrected chi connectivity index (χ0v) is 15.4. The van der Waals surface area contributed by atoms with Gasteiger partial charge >= 0.3 is 6.09 Å². The molecule has 0 saturated heterocycles. The fraction of sp³-hybridized carbons (Fsp3) is 0.214. The lowest BCUT2D eigenvalue weighted by Gasteiger charge is -2.19. The van der Waals surface area contributed by atoms with E-state index in [1.807, 2.05) is 18.2 Å². The van der Waals surface area contributed by atoms with Crippen LogP contribution in [-0.4, -0.2) is 32.4 Å².